The number of amides is 1. The standard InChI is InChI=1S/C24H24Cl2N2O3/c1-4-27(5-2)10-11-28-21(15-7-8-17(25)18(26)13-15)20-22(29)16-12-14(3)6-9-19(16)31-23(20)24(28)30/h6-9,12-13,21H,4-5,10-11H2,1-3H3. The van der Waals surface area contributed by atoms with E-state index in [0.717, 1.165) is 24.2 Å². The van der Waals surface area contributed by atoms with Crippen LogP contribution in [-0.4, -0.2) is 41.9 Å². The number of hydrogen-bond acceptors (Lipinski definition) is 4. The van der Waals surface area contributed by atoms with E-state index < -0.39 is 6.04 Å². The number of fused-ring (bicyclic) bond motifs is 2. The van der Waals surface area contributed by atoms with Gasteiger partial charge in [0.25, 0.3) is 5.91 Å². The van der Waals surface area contributed by atoms with Crippen LogP contribution in [0.4, 0.5) is 0 Å². The number of nitrogens with zero attached hydrogens (tertiary/aromatic N) is 2. The second-order valence-corrected chi connectivity index (χ2v) is 8.59. The Morgan fingerprint density at radius 1 is 1.03 bits per heavy atom. The van der Waals surface area contributed by atoms with Gasteiger partial charge in [-0.1, -0.05) is 54.7 Å². The van der Waals surface area contributed by atoms with Gasteiger partial charge in [0.05, 0.1) is 27.0 Å². The van der Waals surface area contributed by atoms with Crippen LogP contribution in [0.25, 0.3) is 11.0 Å². The monoisotopic (exact) mass is 458 g/mol. The molecule has 0 radical (unpaired) electrons. The Balaban J connectivity index is 1.90. The van der Waals surface area contributed by atoms with Gasteiger partial charge in [-0.2, -0.15) is 0 Å². The Labute approximate surface area is 191 Å². The fraction of sp³-hybridized carbons (Fsp3) is 0.333. The molecule has 1 amide bonds. The molecule has 1 aliphatic heterocycles. The van der Waals surface area contributed by atoms with E-state index in [0.29, 0.717) is 39.7 Å². The predicted octanol–water partition coefficient (Wildman–Crippen LogP) is 5.30. The van der Waals surface area contributed by atoms with Crippen LogP contribution in [0.1, 0.15) is 47.1 Å². The van der Waals surface area contributed by atoms with Crippen molar-refractivity contribution in [3.63, 3.8) is 0 Å². The molecule has 31 heavy (non-hydrogen) atoms. The zero-order valence-electron chi connectivity index (χ0n) is 17.7. The molecule has 1 atom stereocenters. The van der Waals surface area contributed by atoms with Crippen LogP contribution in [0.5, 0.6) is 0 Å². The van der Waals surface area contributed by atoms with E-state index in [1.807, 2.05) is 19.1 Å². The molecule has 5 nitrogen and oxygen atoms in total. The van der Waals surface area contributed by atoms with E-state index in [1.54, 1.807) is 29.2 Å². The van der Waals surface area contributed by atoms with Crippen LogP contribution in [0.3, 0.4) is 0 Å². The third-order valence-corrected chi connectivity index (χ3v) is 6.67. The molecule has 0 N–H and O–H groups in total. The first-order valence-corrected chi connectivity index (χ1v) is 11.2. The molecule has 7 heteroatoms. The highest BCUT2D eigenvalue weighted by Gasteiger charge is 2.42. The van der Waals surface area contributed by atoms with Gasteiger partial charge in [-0.15, -0.1) is 0 Å². The Hall–Kier alpha value is -2.34. The van der Waals surface area contributed by atoms with Gasteiger partial charge in [0, 0.05) is 13.1 Å². The average Bonchev–Trinajstić information content (AvgIpc) is 3.03. The summed E-state index contributed by atoms with van der Waals surface area (Å²) in [6.45, 7) is 9.00. The minimum absolute atomic E-state index is 0.108. The topological polar surface area (TPSA) is 53.8 Å². The number of halogens is 2. The molecule has 4 rings (SSSR count). The highest BCUT2D eigenvalue weighted by atomic mass is 35.5. The lowest BCUT2D eigenvalue weighted by Crippen LogP contribution is -2.37. The van der Waals surface area contributed by atoms with Crippen molar-refractivity contribution in [3.8, 4) is 0 Å². The van der Waals surface area contributed by atoms with Crippen LogP contribution in [0.15, 0.2) is 45.6 Å². The smallest absolute Gasteiger partial charge is 0.290 e. The summed E-state index contributed by atoms with van der Waals surface area (Å²) < 4.78 is 5.98. The average molecular weight is 459 g/mol. The second kappa shape index (κ2) is 8.65. The molecule has 162 valence electrons. The van der Waals surface area contributed by atoms with Gasteiger partial charge in [-0.05, 0) is 49.8 Å². The van der Waals surface area contributed by atoms with Gasteiger partial charge in [0.15, 0.2) is 5.43 Å². The summed E-state index contributed by atoms with van der Waals surface area (Å²) >= 11 is 12.4. The summed E-state index contributed by atoms with van der Waals surface area (Å²) in [6, 6.07) is 10.1. The van der Waals surface area contributed by atoms with Crippen molar-refractivity contribution < 1.29 is 9.21 Å². The molecule has 0 aliphatic carbocycles. The van der Waals surface area contributed by atoms with Crippen molar-refractivity contribution in [2.45, 2.75) is 26.8 Å². The molecular formula is C24H24Cl2N2O3. The molecule has 1 unspecified atom stereocenters. The molecule has 1 aliphatic rings. The van der Waals surface area contributed by atoms with Crippen LogP contribution >= 0.6 is 23.2 Å². The van der Waals surface area contributed by atoms with Crippen molar-refractivity contribution in [1.29, 1.82) is 0 Å². The van der Waals surface area contributed by atoms with Crippen molar-refractivity contribution >= 4 is 40.1 Å². The Morgan fingerprint density at radius 3 is 2.45 bits per heavy atom. The van der Waals surface area contributed by atoms with Crippen molar-refractivity contribution in [2.24, 2.45) is 0 Å². The Kier molecular flexibility index (Phi) is 6.11. The van der Waals surface area contributed by atoms with Crippen LogP contribution in [0.2, 0.25) is 10.0 Å². The van der Waals surface area contributed by atoms with Gasteiger partial charge in [0.2, 0.25) is 5.76 Å². The Bertz CT molecular complexity index is 1220. The maximum absolute atomic E-state index is 13.5. The van der Waals surface area contributed by atoms with Gasteiger partial charge < -0.3 is 14.2 Å². The quantitative estimate of drug-likeness (QED) is 0.503. The molecule has 2 aromatic carbocycles. The highest BCUT2D eigenvalue weighted by molar-refractivity contribution is 6.42. The van der Waals surface area contributed by atoms with Gasteiger partial charge in [0.1, 0.15) is 5.58 Å². The SMILES string of the molecule is CCN(CC)CCN1C(=O)c2oc3ccc(C)cc3c(=O)c2C1c1ccc(Cl)c(Cl)c1. The summed E-state index contributed by atoms with van der Waals surface area (Å²) in [5.74, 6) is -0.172. The molecule has 0 fully saturated rings. The van der Waals surface area contributed by atoms with Gasteiger partial charge >= 0.3 is 0 Å². The number of carbonyl (C=O) groups is 1. The maximum Gasteiger partial charge on any atom is 0.290 e. The lowest BCUT2D eigenvalue weighted by atomic mass is 9.98. The van der Waals surface area contributed by atoms with Crippen LogP contribution in [-0.2, 0) is 0 Å². The van der Waals surface area contributed by atoms with E-state index in [-0.39, 0.29) is 17.1 Å². The summed E-state index contributed by atoms with van der Waals surface area (Å²) in [4.78, 5) is 30.9. The first kappa shape index (κ1) is 21.9. The summed E-state index contributed by atoms with van der Waals surface area (Å²) in [5.41, 5.74) is 2.28. The molecule has 2 heterocycles. The lowest BCUT2D eigenvalue weighted by molar-refractivity contribution is 0.0708. The normalized spacial score (nSPS) is 15.9. The first-order chi connectivity index (χ1) is 14.8. The summed E-state index contributed by atoms with van der Waals surface area (Å²) in [5, 5.41) is 1.28. The van der Waals surface area contributed by atoms with E-state index in [1.165, 1.54) is 0 Å². The highest BCUT2D eigenvalue weighted by Crippen LogP contribution is 2.39. The molecule has 0 saturated heterocycles. The van der Waals surface area contributed by atoms with Crippen molar-refractivity contribution in [3.05, 3.63) is 79.1 Å². The molecule has 0 spiro atoms. The van der Waals surface area contributed by atoms with E-state index in [9.17, 15) is 9.59 Å². The number of aryl methyl sites for hydroxylation is 1. The van der Waals surface area contributed by atoms with Gasteiger partial charge in [-0.25, -0.2) is 0 Å². The second-order valence-electron chi connectivity index (χ2n) is 7.78. The largest absolute Gasteiger partial charge is 0.450 e. The maximum atomic E-state index is 13.5. The molecule has 0 bridgehead atoms. The molecule has 0 saturated carbocycles. The van der Waals surface area contributed by atoms with Crippen LogP contribution in [0, 0.1) is 6.92 Å². The fourth-order valence-corrected chi connectivity index (χ4v) is 4.49. The zero-order chi connectivity index (χ0) is 22.3. The third-order valence-electron chi connectivity index (χ3n) is 5.93. The molecule has 3 aromatic rings. The summed E-state index contributed by atoms with van der Waals surface area (Å²) in [7, 11) is 0. The first-order valence-electron chi connectivity index (χ1n) is 10.4. The predicted molar refractivity (Wildman–Crippen MR) is 124 cm³/mol. The number of hydrogen-bond donors (Lipinski definition) is 0. The summed E-state index contributed by atoms with van der Waals surface area (Å²) in [6.07, 6.45) is 0. The zero-order valence-corrected chi connectivity index (χ0v) is 19.3. The van der Waals surface area contributed by atoms with Crippen molar-refractivity contribution in [1.82, 2.24) is 9.80 Å². The van der Waals surface area contributed by atoms with E-state index in [2.05, 4.69) is 18.7 Å². The number of rotatable bonds is 6. The third kappa shape index (κ3) is 3.86. The number of carbonyl (C=O) groups excluding carboxylic acids is 1. The van der Waals surface area contributed by atoms with E-state index >= 15 is 0 Å². The lowest BCUT2D eigenvalue weighted by Gasteiger charge is -2.28. The number of likely N-dealkylation sites (N-methyl/N-ethyl adjacent to an activating group) is 1. The minimum Gasteiger partial charge on any atom is -0.450 e. The fourth-order valence-electron chi connectivity index (χ4n) is 4.18. The molecular weight excluding hydrogens is 435 g/mol. The molecule has 1 aromatic heterocycles. The van der Waals surface area contributed by atoms with Crippen molar-refractivity contribution in [2.75, 3.05) is 26.2 Å². The van der Waals surface area contributed by atoms with Crippen LogP contribution < -0.4 is 5.43 Å². The number of benzene rings is 2. The van der Waals surface area contributed by atoms with Gasteiger partial charge in [-0.3, -0.25) is 9.59 Å². The minimum atomic E-state index is -0.575. The van der Waals surface area contributed by atoms with E-state index in [4.69, 9.17) is 27.6 Å². The Morgan fingerprint density at radius 2 is 1.77 bits per heavy atom.